The zero-order valence-electron chi connectivity index (χ0n) is 10.6. The highest BCUT2D eigenvalue weighted by molar-refractivity contribution is 6.31. The summed E-state index contributed by atoms with van der Waals surface area (Å²) >= 11 is 11.8. The summed E-state index contributed by atoms with van der Waals surface area (Å²) in [6.07, 6.45) is 4.13. The molecule has 0 aliphatic rings. The van der Waals surface area contributed by atoms with Gasteiger partial charge in [-0.15, -0.1) is 0 Å². The van der Waals surface area contributed by atoms with Crippen LogP contribution in [0.5, 0.6) is 5.75 Å². The van der Waals surface area contributed by atoms with Crippen LogP contribution in [0, 0.1) is 0 Å². The third kappa shape index (κ3) is 3.82. The van der Waals surface area contributed by atoms with Crippen molar-refractivity contribution in [2.45, 2.75) is 19.3 Å². The van der Waals surface area contributed by atoms with E-state index in [1.807, 2.05) is 18.2 Å². The van der Waals surface area contributed by atoms with Crippen LogP contribution >= 0.6 is 23.2 Å². The van der Waals surface area contributed by atoms with E-state index in [0.29, 0.717) is 5.02 Å². The second-order valence-corrected chi connectivity index (χ2v) is 4.84. The lowest BCUT2D eigenvalue weighted by Gasteiger charge is -2.08. The summed E-state index contributed by atoms with van der Waals surface area (Å²) in [6.45, 7) is 0. The quantitative estimate of drug-likeness (QED) is 0.783. The Morgan fingerprint density at radius 1 is 1.16 bits per heavy atom. The van der Waals surface area contributed by atoms with Crippen LogP contribution < -0.4 is 4.74 Å². The Labute approximate surface area is 122 Å². The minimum Gasteiger partial charge on any atom is -0.496 e. The third-order valence-electron chi connectivity index (χ3n) is 2.84. The van der Waals surface area contributed by atoms with Gasteiger partial charge >= 0.3 is 0 Å². The fraction of sp³-hybridized carbons (Fsp3) is 0.286. The van der Waals surface area contributed by atoms with Gasteiger partial charge in [0, 0.05) is 0 Å². The molecule has 0 bridgehead atoms. The molecule has 19 heavy (non-hydrogen) atoms. The molecule has 0 spiro atoms. The molecule has 5 heteroatoms. The first-order valence-corrected chi connectivity index (χ1v) is 6.75. The van der Waals surface area contributed by atoms with Gasteiger partial charge in [0.1, 0.15) is 5.75 Å². The van der Waals surface area contributed by atoms with Gasteiger partial charge in [-0.2, -0.15) is 0 Å². The standard InChI is InChI=1S/C14H14Cl2N2O/c1-19-13-8-3-2-5-10(13)6-4-7-12-11(15)9-17-14(16)18-12/h2-3,5,8-9H,4,6-7H2,1H3. The molecule has 2 aromatic rings. The van der Waals surface area contributed by atoms with Crippen LogP contribution in [0.4, 0.5) is 0 Å². The average Bonchev–Trinajstić information content (AvgIpc) is 2.43. The molecule has 0 amide bonds. The van der Waals surface area contributed by atoms with Gasteiger partial charge in [-0.05, 0) is 42.5 Å². The number of para-hydroxylation sites is 1. The fourth-order valence-electron chi connectivity index (χ4n) is 1.91. The van der Waals surface area contributed by atoms with Crippen LogP contribution in [-0.2, 0) is 12.8 Å². The number of ether oxygens (including phenoxy) is 1. The summed E-state index contributed by atoms with van der Waals surface area (Å²) in [6, 6.07) is 7.99. The maximum atomic E-state index is 6.03. The summed E-state index contributed by atoms with van der Waals surface area (Å²) < 4.78 is 5.32. The lowest BCUT2D eigenvalue weighted by molar-refractivity contribution is 0.409. The van der Waals surface area contributed by atoms with Crippen LogP contribution in [0.15, 0.2) is 30.5 Å². The van der Waals surface area contributed by atoms with Gasteiger partial charge in [0.05, 0.1) is 24.0 Å². The molecule has 0 saturated heterocycles. The molecular formula is C14H14Cl2N2O. The number of hydrogen-bond acceptors (Lipinski definition) is 3. The van der Waals surface area contributed by atoms with E-state index in [1.54, 1.807) is 7.11 Å². The molecule has 0 atom stereocenters. The second kappa shape index (κ2) is 6.73. The topological polar surface area (TPSA) is 35.0 Å². The SMILES string of the molecule is COc1ccccc1CCCc1nc(Cl)ncc1Cl. The van der Waals surface area contributed by atoms with Crippen LogP contribution in [0.25, 0.3) is 0 Å². The smallest absolute Gasteiger partial charge is 0.222 e. The van der Waals surface area contributed by atoms with Crippen LogP contribution in [0.1, 0.15) is 17.7 Å². The van der Waals surface area contributed by atoms with E-state index >= 15 is 0 Å². The van der Waals surface area contributed by atoms with Gasteiger partial charge < -0.3 is 4.74 Å². The highest BCUT2D eigenvalue weighted by Crippen LogP contribution is 2.21. The van der Waals surface area contributed by atoms with Crippen molar-refractivity contribution in [3.8, 4) is 5.75 Å². The number of aromatic nitrogens is 2. The molecule has 0 unspecified atom stereocenters. The first-order valence-electron chi connectivity index (χ1n) is 5.99. The first kappa shape index (κ1) is 14.1. The molecule has 3 nitrogen and oxygen atoms in total. The molecule has 1 aromatic heterocycles. The Kier molecular flexibility index (Phi) is 5.00. The molecule has 0 fully saturated rings. The van der Waals surface area contributed by atoms with Crippen molar-refractivity contribution in [3.63, 3.8) is 0 Å². The van der Waals surface area contributed by atoms with E-state index < -0.39 is 0 Å². The van der Waals surface area contributed by atoms with Crippen molar-refractivity contribution in [1.29, 1.82) is 0 Å². The zero-order valence-corrected chi connectivity index (χ0v) is 12.1. The number of aryl methyl sites for hydroxylation is 2. The van der Waals surface area contributed by atoms with Crippen molar-refractivity contribution in [2.24, 2.45) is 0 Å². The summed E-state index contributed by atoms with van der Waals surface area (Å²) in [5, 5.41) is 0.793. The van der Waals surface area contributed by atoms with Crippen LogP contribution in [-0.4, -0.2) is 17.1 Å². The van der Waals surface area contributed by atoms with E-state index in [0.717, 1.165) is 30.7 Å². The van der Waals surface area contributed by atoms with Crippen molar-refractivity contribution in [3.05, 3.63) is 52.0 Å². The number of nitrogens with zero attached hydrogens (tertiary/aromatic N) is 2. The number of hydrogen-bond donors (Lipinski definition) is 0. The molecule has 1 heterocycles. The Morgan fingerprint density at radius 2 is 1.95 bits per heavy atom. The monoisotopic (exact) mass is 296 g/mol. The van der Waals surface area contributed by atoms with Gasteiger partial charge in [0.25, 0.3) is 0 Å². The summed E-state index contributed by atoms with van der Waals surface area (Å²) in [4.78, 5) is 7.97. The number of methoxy groups -OCH3 is 1. The highest BCUT2D eigenvalue weighted by atomic mass is 35.5. The van der Waals surface area contributed by atoms with E-state index in [1.165, 1.54) is 11.8 Å². The molecule has 100 valence electrons. The lowest BCUT2D eigenvalue weighted by atomic mass is 10.1. The Bertz CT molecular complexity index is 561. The largest absolute Gasteiger partial charge is 0.496 e. The Balaban J connectivity index is 1.98. The van der Waals surface area contributed by atoms with Crippen molar-refractivity contribution in [2.75, 3.05) is 7.11 Å². The van der Waals surface area contributed by atoms with Gasteiger partial charge in [0.15, 0.2) is 0 Å². The van der Waals surface area contributed by atoms with Crippen LogP contribution in [0.3, 0.4) is 0 Å². The Morgan fingerprint density at radius 3 is 2.74 bits per heavy atom. The Hall–Kier alpha value is -1.32. The third-order valence-corrected chi connectivity index (χ3v) is 3.34. The lowest BCUT2D eigenvalue weighted by Crippen LogP contribution is -1.97. The fourth-order valence-corrected chi connectivity index (χ4v) is 2.25. The first-order chi connectivity index (χ1) is 9.20. The minimum atomic E-state index is 0.233. The predicted octanol–water partition coefficient (Wildman–Crippen LogP) is 3.97. The summed E-state index contributed by atoms with van der Waals surface area (Å²) in [5.74, 6) is 0.911. The van der Waals surface area contributed by atoms with Crippen LogP contribution in [0.2, 0.25) is 10.3 Å². The second-order valence-electron chi connectivity index (χ2n) is 4.10. The number of benzene rings is 1. The molecule has 0 aliphatic carbocycles. The normalized spacial score (nSPS) is 10.5. The van der Waals surface area contributed by atoms with E-state index in [9.17, 15) is 0 Å². The van der Waals surface area contributed by atoms with E-state index in [2.05, 4.69) is 16.0 Å². The maximum Gasteiger partial charge on any atom is 0.222 e. The molecule has 1 aromatic carbocycles. The predicted molar refractivity (Wildman–Crippen MR) is 77.1 cm³/mol. The van der Waals surface area contributed by atoms with Gasteiger partial charge in [-0.3, -0.25) is 0 Å². The van der Waals surface area contributed by atoms with Gasteiger partial charge in [-0.25, -0.2) is 9.97 Å². The molecule has 0 N–H and O–H groups in total. The summed E-state index contributed by atoms with van der Waals surface area (Å²) in [5.41, 5.74) is 1.97. The van der Waals surface area contributed by atoms with Crippen molar-refractivity contribution < 1.29 is 4.74 Å². The molecule has 0 aliphatic heterocycles. The minimum absolute atomic E-state index is 0.233. The van der Waals surface area contributed by atoms with Gasteiger partial charge in [0.2, 0.25) is 5.28 Å². The van der Waals surface area contributed by atoms with Gasteiger partial charge in [-0.1, -0.05) is 29.8 Å². The number of halogens is 2. The van der Waals surface area contributed by atoms with E-state index in [4.69, 9.17) is 27.9 Å². The average molecular weight is 297 g/mol. The summed E-state index contributed by atoms with van der Waals surface area (Å²) in [7, 11) is 1.68. The molecule has 0 saturated carbocycles. The van der Waals surface area contributed by atoms with Crippen molar-refractivity contribution >= 4 is 23.2 Å². The zero-order chi connectivity index (χ0) is 13.7. The molecule has 0 radical (unpaired) electrons. The molecule has 2 rings (SSSR count). The number of rotatable bonds is 5. The maximum absolute atomic E-state index is 6.03. The molecular weight excluding hydrogens is 283 g/mol. The van der Waals surface area contributed by atoms with E-state index in [-0.39, 0.29) is 5.28 Å². The highest BCUT2D eigenvalue weighted by Gasteiger charge is 2.06. The van der Waals surface area contributed by atoms with Crippen molar-refractivity contribution in [1.82, 2.24) is 9.97 Å².